The summed E-state index contributed by atoms with van der Waals surface area (Å²) in [6.45, 7) is 0.472. The highest BCUT2D eigenvalue weighted by Crippen LogP contribution is 2.41. The molecule has 21 heavy (non-hydrogen) atoms. The molecular formula is C16H21FO4. The van der Waals surface area contributed by atoms with Crippen LogP contribution < -0.4 is 0 Å². The second kappa shape index (κ2) is 6.40. The third-order valence-electron chi connectivity index (χ3n) is 4.23. The van der Waals surface area contributed by atoms with E-state index in [0.29, 0.717) is 19.6 Å². The third kappa shape index (κ3) is 2.97. The molecule has 1 aromatic carbocycles. The molecule has 116 valence electrons. The van der Waals surface area contributed by atoms with Crippen molar-refractivity contribution in [3.8, 4) is 0 Å². The van der Waals surface area contributed by atoms with Gasteiger partial charge in [-0.2, -0.15) is 0 Å². The highest BCUT2D eigenvalue weighted by atomic mass is 19.1. The normalized spacial score (nSPS) is 35.0. The van der Waals surface area contributed by atoms with Gasteiger partial charge in [0.05, 0.1) is 26.0 Å². The first kappa shape index (κ1) is 14.9. The fourth-order valence-electron chi connectivity index (χ4n) is 3.09. The zero-order chi connectivity index (χ0) is 14.7. The first-order chi connectivity index (χ1) is 10.3. The van der Waals surface area contributed by atoms with Crippen molar-refractivity contribution in [3.05, 3.63) is 35.9 Å². The molecule has 0 aliphatic carbocycles. The van der Waals surface area contributed by atoms with Crippen molar-refractivity contribution in [1.82, 2.24) is 0 Å². The molecule has 5 heteroatoms. The largest absolute Gasteiger partial charge is 0.376 e. The second-order valence-electron chi connectivity index (χ2n) is 5.51. The van der Waals surface area contributed by atoms with Crippen LogP contribution in [-0.4, -0.2) is 44.5 Å². The molecule has 2 fully saturated rings. The fraction of sp³-hybridized carbons (Fsp3) is 0.625. The predicted octanol–water partition coefficient (Wildman–Crippen LogP) is 2.46. The summed E-state index contributed by atoms with van der Waals surface area (Å²) < 4.78 is 35.8. The van der Waals surface area contributed by atoms with Crippen LogP contribution in [0.15, 0.2) is 30.3 Å². The van der Waals surface area contributed by atoms with E-state index in [2.05, 4.69) is 0 Å². The molecule has 4 atom stereocenters. The minimum Gasteiger partial charge on any atom is -0.376 e. The molecule has 4 nitrogen and oxygen atoms in total. The number of methoxy groups -OCH3 is 1. The number of fused-ring (bicyclic) bond motifs is 2. The van der Waals surface area contributed by atoms with Gasteiger partial charge in [-0.05, 0) is 5.56 Å². The minimum absolute atomic E-state index is 0.0922. The summed E-state index contributed by atoms with van der Waals surface area (Å²) in [7, 11) is 1.60. The van der Waals surface area contributed by atoms with E-state index in [4.69, 9.17) is 18.9 Å². The Bertz CT molecular complexity index is 455. The Morgan fingerprint density at radius 1 is 1.33 bits per heavy atom. The van der Waals surface area contributed by atoms with E-state index in [9.17, 15) is 4.39 Å². The number of hydrogen-bond donors (Lipinski definition) is 0. The molecule has 0 radical (unpaired) electrons. The molecular weight excluding hydrogens is 275 g/mol. The monoisotopic (exact) mass is 296 g/mol. The summed E-state index contributed by atoms with van der Waals surface area (Å²) in [4.78, 5) is 0. The van der Waals surface area contributed by atoms with Crippen LogP contribution in [0.25, 0.3) is 0 Å². The van der Waals surface area contributed by atoms with Crippen molar-refractivity contribution < 1.29 is 23.3 Å². The van der Waals surface area contributed by atoms with Gasteiger partial charge in [0.1, 0.15) is 12.2 Å². The SMILES string of the molecule is CO[C@@H]1C[C@H](OCc2ccccc2)[C@H]2COC1(CCF)O2. The molecule has 2 aliphatic heterocycles. The van der Waals surface area contributed by atoms with Crippen LogP contribution in [0, 0.1) is 0 Å². The smallest absolute Gasteiger partial charge is 0.197 e. The highest BCUT2D eigenvalue weighted by Gasteiger charge is 2.55. The zero-order valence-electron chi connectivity index (χ0n) is 12.2. The first-order valence-electron chi connectivity index (χ1n) is 7.33. The van der Waals surface area contributed by atoms with Crippen molar-refractivity contribution in [1.29, 1.82) is 0 Å². The summed E-state index contributed by atoms with van der Waals surface area (Å²) >= 11 is 0. The predicted molar refractivity (Wildman–Crippen MR) is 74.6 cm³/mol. The fourth-order valence-corrected chi connectivity index (χ4v) is 3.09. The number of benzene rings is 1. The number of rotatable bonds is 6. The lowest BCUT2D eigenvalue weighted by Gasteiger charge is -2.40. The van der Waals surface area contributed by atoms with Crippen LogP contribution in [-0.2, 0) is 25.6 Å². The number of ether oxygens (including phenoxy) is 4. The summed E-state index contributed by atoms with van der Waals surface area (Å²) in [6, 6.07) is 9.99. The van der Waals surface area contributed by atoms with Crippen molar-refractivity contribution >= 4 is 0 Å². The average molecular weight is 296 g/mol. The van der Waals surface area contributed by atoms with Crippen LogP contribution in [0.5, 0.6) is 0 Å². The second-order valence-corrected chi connectivity index (χ2v) is 5.51. The van der Waals surface area contributed by atoms with E-state index < -0.39 is 12.5 Å². The minimum atomic E-state index is -0.930. The Balaban J connectivity index is 1.64. The van der Waals surface area contributed by atoms with Gasteiger partial charge in [-0.3, -0.25) is 4.39 Å². The maximum absolute atomic E-state index is 12.8. The highest BCUT2D eigenvalue weighted by molar-refractivity contribution is 5.13. The van der Waals surface area contributed by atoms with E-state index in [0.717, 1.165) is 5.56 Å². The van der Waals surface area contributed by atoms with Crippen LogP contribution in [0.4, 0.5) is 4.39 Å². The molecule has 0 amide bonds. The molecule has 1 unspecified atom stereocenters. The van der Waals surface area contributed by atoms with Gasteiger partial charge < -0.3 is 18.9 Å². The Kier molecular flexibility index (Phi) is 4.54. The van der Waals surface area contributed by atoms with Crippen molar-refractivity contribution in [2.45, 2.75) is 43.5 Å². The molecule has 2 bridgehead atoms. The van der Waals surface area contributed by atoms with E-state index >= 15 is 0 Å². The van der Waals surface area contributed by atoms with Crippen molar-refractivity contribution in [2.24, 2.45) is 0 Å². The summed E-state index contributed by atoms with van der Waals surface area (Å²) in [5.41, 5.74) is 1.12. The average Bonchev–Trinajstić information content (AvgIpc) is 2.88. The quantitative estimate of drug-likeness (QED) is 0.808. The Morgan fingerprint density at radius 3 is 2.86 bits per heavy atom. The molecule has 0 aromatic heterocycles. The van der Waals surface area contributed by atoms with Gasteiger partial charge in [0.2, 0.25) is 0 Å². The first-order valence-corrected chi connectivity index (χ1v) is 7.33. The third-order valence-corrected chi connectivity index (χ3v) is 4.23. The molecule has 0 N–H and O–H groups in total. The van der Waals surface area contributed by atoms with E-state index in [1.54, 1.807) is 7.11 Å². The molecule has 1 aromatic rings. The van der Waals surface area contributed by atoms with Gasteiger partial charge in [-0.25, -0.2) is 0 Å². The number of halogens is 1. The molecule has 0 saturated carbocycles. The van der Waals surface area contributed by atoms with Gasteiger partial charge in [-0.15, -0.1) is 0 Å². The van der Waals surface area contributed by atoms with E-state index in [-0.39, 0.29) is 24.7 Å². The number of hydrogen-bond acceptors (Lipinski definition) is 4. The summed E-state index contributed by atoms with van der Waals surface area (Å²) in [5, 5.41) is 0. The van der Waals surface area contributed by atoms with Gasteiger partial charge in [-0.1, -0.05) is 30.3 Å². The van der Waals surface area contributed by atoms with E-state index in [1.165, 1.54) is 0 Å². The molecule has 2 aliphatic rings. The van der Waals surface area contributed by atoms with Crippen molar-refractivity contribution in [2.75, 3.05) is 20.4 Å². The van der Waals surface area contributed by atoms with Crippen LogP contribution in [0.1, 0.15) is 18.4 Å². The molecule has 3 rings (SSSR count). The zero-order valence-corrected chi connectivity index (χ0v) is 12.2. The van der Waals surface area contributed by atoms with Crippen LogP contribution in [0.2, 0.25) is 0 Å². The van der Waals surface area contributed by atoms with Gasteiger partial charge in [0.25, 0.3) is 0 Å². The van der Waals surface area contributed by atoms with E-state index in [1.807, 2.05) is 30.3 Å². The molecule has 2 saturated heterocycles. The summed E-state index contributed by atoms with van der Waals surface area (Å²) in [6.07, 6.45) is 0.325. The lowest BCUT2D eigenvalue weighted by molar-refractivity contribution is -0.277. The van der Waals surface area contributed by atoms with Crippen molar-refractivity contribution in [3.63, 3.8) is 0 Å². The van der Waals surface area contributed by atoms with Gasteiger partial charge in [0.15, 0.2) is 5.79 Å². The molecule has 0 spiro atoms. The summed E-state index contributed by atoms with van der Waals surface area (Å²) in [5.74, 6) is -0.930. The van der Waals surface area contributed by atoms with Crippen LogP contribution in [0.3, 0.4) is 0 Å². The Labute approximate surface area is 124 Å². The topological polar surface area (TPSA) is 36.9 Å². The lowest BCUT2D eigenvalue weighted by atomic mass is 9.95. The standard InChI is InChI=1S/C16H21FO4/c1-18-15-9-13(19-10-12-5-3-2-4-6-12)14-11-20-16(15,21-14)7-8-17/h2-6,13-15H,7-11H2,1H3/t13-,14+,15+,16?/m0/s1. The molecule has 2 heterocycles. The Morgan fingerprint density at radius 2 is 2.14 bits per heavy atom. The lowest BCUT2D eigenvalue weighted by Crippen LogP contribution is -2.53. The number of alkyl halides is 1. The van der Waals surface area contributed by atoms with Gasteiger partial charge in [0, 0.05) is 20.0 Å². The maximum Gasteiger partial charge on any atom is 0.197 e. The van der Waals surface area contributed by atoms with Gasteiger partial charge >= 0.3 is 0 Å². The maximum atomic E-state index is 12.8. The Hall–Kier alpha value is -1.01. The van der Waals surface area contributed by atoms with Crippen LogP contribution >= 0.6 is 0 Å².